The summed E-state index contributed by atoms with van der Waals surface area (Å²) in [6.07, 6.45) is 0. The highest BCUT2D eigenvalue weighted by Crippen LogP contribution is 2.27. The van der Waals surface area contributed by atoms with Gasteiger partial charge in [-0.05, 0) is 93.9 Å². The van der Waals surface area contributed by atoms with E-state index in [1.807, 2.05) is 45.0 Å². The predicted octanol–water partition coefficient (Wildman–Crippen LogP) is 5.12. The Balaban J connectivity index is 2.03. The molecule has 8 nitrogen and oxygen atoms in total. The molecule has 0 heterocycles. The summed E-state index contributed by atoms with van der Waals surface area (Å²) in [6, 6.07) is 16.9. The molecule has 1 atom stereocenters. The van der Waals surface area contributed by atoms with Gasteiger partial charge in [0.2, 0.25) is 11.8 Å². The van der Waals surface area contributed by atoms with Gasteiger partial charge in [0.05, 0.1) is 17.2 Å². The van der Waals surface area contributed by atoms with E-state index in [2.05, 4.69) is 21.2 Å². The zero-order chi connectivity index (χ0) is 29.4. The number of halogens is 2. The van der Waals surface area contributed by atoms with E-state index in [0.29, 0.717) is 12.4 Å². The number of benzene rings is 3. The lowest BCUT2D eigenvalue weighted by atomic mass is 10.1. The summed E-state index contributed by atoms with van der Waals surface area (Å²) in [5.41, 5.74) is 0.962. The van der Waals surface area contributed by atoms with Crippen molar-refractivity contribution in [3.63, 3.8) is 0 Å². The van der Waals surface area contributed by atoms with Crippen LogP contribution in [0.2, 0.25) is 0 Å². The standard InChI is InChI=1S/C29H33BrFN3O5S/c1-5-39-26-13-11-25(12-14-26)34(40(37,38)27-15-9-24(31)10-16-27)19-28(35)33(21(4)29(36)32-20(2)3)18-22-7-6-8-23(30)17-22/h6-17,20-21H,5,18-19H2,1-4H3,(H,32,36)/t21-/m1/s1. The fraction of sp³-hybridized carbons (Fsp3) is 0.310. The lowest BCUT2D eigenvalue weighted by Gasteiger charge is -2.32. The molecule has 3 aromatic rings. The Labute approximate surface area is 243 Å². The molecule has 3 aromatic carbocycles. The quantitative estimate of drug-likeness (QED) is 0.299. The SMILES string of the molecule is CCOc1ccc(N(CC(=O)N(Cc2cccc(Br)c2)[C@H](C)C(=O)NC(C)C)S(=O)(=O)c2ccc(F)cc2)cc1. The van der Waals surface area contributed by atoms with Crippen LogP contribution in [-0.2, 0) is 26.2 Å². The first-order valence-corrected chi connectivity index (χ1v) is 15.0. The van der Waals surface area contributed by atoms with Crippen LogP contribution in [0.25, 0.3) is 0 Å². The van der Waals surface area contributed by atoms with Crippen molar-refractivity contribution in [2.75, 3.05) is 17.5 Å². The number of sulfonamides is 1. The Morgan fingerprint density at radius 1 is 1.00 bits per heavy atom. The Hall–Kier alpha value is -3.44. The van der Waals surface area contributed by atoms with Crippen molar-refractivity contribution in [2.45, 2.75) is 51.2 Å². The molecular formula is C29H33BrFN3O5S. The molecule has 214 valence electrons. The second-order valence-corrected chi connectivity index (χ2v) is 12.2. The van der Waals surface area contributed by atoms with E-state index in [1.54, 1.807) is 19.1 Å². The summed E-state index contributed by atoms with van der Waals surface area (Å²) in [6.45, 7) is 6.95. The molecule has 1 N–H and O–H groups in total. The van der Waals surface area contributed by atoms with E-state index in [-0.39, 0.29) is 29.1 Å². The molecule has 0 aromatic heterocycles. The fourth-order valence-corrected chi connectivity index (χ4v) is 5.82. The van der Waals surface area contributed by atoms with Crippen molar-refractivity contribution in [3.05, 3.63) is 88.6 Å². The number of carbonyl (C=O) groups is 2. The number of ether oxygens (including phenoxy) is 1. The van der Waals surface area contributed by atoms with E-state index >= 15 is 0 Å². The van der Waals surface area contributed by atoms with Gasteiger partial charge >= 0.3 is 0 Å². The summed E-state index contributed by atoms with van der Waals surface area (Å²) in [5, 5.41) is 2.82. The fourth-order valence-electron chi connectivity index (χ4n) is 3.96. The minimum Gasteiger partial charge on any atom is -0.494 e. The van der Waals surface area contributed by atoms with Crippen molar-refractivity contribution in [2.24, 2.45) is 0 Å². The first kappa shape index (κ1) is 31.1. The van der Waals surface area contributed by atoms with Crippen LogP contribution in [-0.4, -0.2) is 50.4 Å². The summed E-state index contributed by atoms with van der Waals surface area (Å²) in [7, 11) is -4.30. The van der Waals surface area contributed by atoms with E-state index in [0.717, 1.165) is 38.6 Å². The van der Waals surface area contributed by atoms with Crippen LogP contribution in [0, 0.1) is 5.82 Å². The van der Waals surface area contributed by atoms with Gasteiger partial charge in [-0.25, -0.2) is 12.8 Å². The average Bonchev–Trinajstić information content (AvgIpc) is 2.90. The average molecular weight is 635 g/mol. The zero-order valence-electron chi connectivity index (χ0n) is 22.8. The van der Waals surface area contributed by atoms with Crippen LogP contribution >= 0.6 is 15.9 Å². The van der Waals surface area contributed by atoms with Crippen molar-refractivity contribution in [3.8, 4) is 5.75 Å². The van der Waals surface area contributed by atoms with Gasteiger partial charge in [0.25, 0.3) is 10.0 Å². The van der Waals surface area contributed by atoms with Gasteiger partial charge in [-0.1, -0.05) is 28.1 Å². The van der Waals surface area contributed by atoms with E-state index in [4.69, 9.17) is 4.74 Å². The zero-order valence-corrected chi connectivity index (χ0v) is 25.2. The van der Waals surface area contributed by atoms with Gasteiger partial charge in [-0.3, -0.25) is 13.9 Å². The number of carbonyl (C=O) groups excluding carboxylic acids is 2. The number of amides is 2. The minimum absolute atomic E-state index is 0.0681. The number of anilines is 1. The molecule has 0 aliphatic heterocycles. The second kappa shape index (κ2) is 13.8. The van der Waals surface area contributed by atoms with Gasteiger partial charge in [0, 0.05) is 17.1 Å². The minimum atomic E-state index is -4.30. The van der Waals surface area contributed by atoms with Crippen molar-refractivity contribution < 1.29 is 27.1 Å². The lowest BCUT2D eigenvalue weighted by Crippen LogP contribution is -2.52. The van der Waals surface area contributed by atoms with Gasteiger partial charge in [-0.2, -0.15) is 0 Å². The van der Waals surface area contributed by atoms with Crippen molar-refractivity contribution in [1.82, 2.24) is 10.2 Å². The van der Waals surface area contributed by atoms with Gasteiger partial charge in [-0.15, -0.1) is 0 Å². The molecule has 11 heteroatoms. The molecule has 0 radical (unpaired) electrons. The number of hydrogen-bond acceptors (Lipinski definition) is 5. The van der Waals surface area contributed by atoms with Crippen LogP contribution in [0.1, 0.15) is 33.3 Å². The largest absolute Gasteiger partial charge is 0.494 e. The van der Waals surface area contributed by atoms with Gasteiger partial charge in [0.1, 0.15) is 24.2 Å². The first-order chi connectivity index (χ1) is 18.9. The Kier molecular flexibility index (Phi) is 10.7. The number of rotatable bonds is 12. The topological polar surface area (TPSA) is 96.0 Å². The van der Waals surface area contributed by atoms with Gasteiger partial charge in [0.15, 0.2) is 0 Å². The van der Waals surface area contributed by atoms with E-state index in [9.17, 15) is 22.4 Å². The van der Waals surface area contributed by atoms with Crippen LogP contribution in [0.4, 0.5) is 10.1 Å². The van der Waals surface area contributed by atoms with E-state index < -0.39 is 34.3 Å². The third kappa shape index (κ3) is 8.04. The maximum atomic E-state index is 13.9. The number of hydrogen-bond donors (Lipinski definition) is 1. The maximum Gasteiger partial charge on any atom is 0.264 e. The lowest BCUT2D eigenvalue weighted by molar-refractivity contribution is -0.139. The van der Waals surface area contributed by atoms with Crippen LogP contribution in [0.5, 0.6) is 5.75 Å². The normalized spacial score (nSPS) is 12.1. The molecule has 0 aliphatic rings. The molecular weight excluding hydrogens is 601 g/mol. The predicted molar refractivity (Wildman–Crippen MR) is 156 cm³/mol. The molecule has 0 unspecified atom stereocenters. The van der Waals surface area contributed by atoms with Crippen molar-refractivity contribution >= 4 is 43.5 Å². The van der Waals surface area contributed by atoms with Gasteiger partial charge < -0.3 is 15.0 Å². The molecule has 0 fully saturated rings. The molecule has 0 spiro atoms. The molecule has 3 rings (SSSR count). The summed E-state index contributed by atoms with van der Waals surface area (Å²) >= 11 is 3.43. The summed E-state index contributed by atoms with van der Waals surface area (Å²) < 4.78 is 48.4. The molecule has 40 heavy (non-hydrogen) atoms. The van der Waals surface area contributed by atoms with E-state index in [1.165, 1.54) is 17.0 Å². The Morgan fingerprint density at radius 3 is 2.23 bits per heavy atom. The second-order valence-electron chi connectivity index (χ2n) is 9.38. The number of nitrogens with one attached hydrogen (secondary N) is 1. The highest BCUT2D eigenvalue weighted by Gasteiger charge is 2.32. The number of nitrogens with zero attached hydrogens (tertiary/aromatic N) is 2. The smallest absolute Gasteiger partial charge is 0.264 e. The Bertz CT molecular complexity index is 1420. The first-order valence-electron chi connectivity index (χ1n) is 12.8. The summed E-state index contributed by atoms with van der Waals surface area (Å²) in [4.78, 5) is 28.0. The van der Waals surface area contributed by atoms with Crippen molar-refractivity contribution in [1.29, 1.82) is 0 Å². The molecule has 0 aliphatic carbocycles. The summed E-state index contributed by atoms with van der Waals surface area (Å²) in [5.74, 6) is -1.02. The maximum absolute atomic E-state index is 13.9. The molecule has 0 saturated heterocycles. The van der Waals surface area contributed by atoms with Crippen LogP contribution < -0.4 is 14.4 Å². The molecule has 0 saturated carbocycles. The molecule has 2 amide bonds. The Morgan fingerprint density at radius 2 is 1.65 bits per heavy atom. The van der Waals surface area contributed by atoms with Crippen LogP contribution in [0.3, 0.4) is 0 Å². The monoisotopic (exact) mass is 633 g/mol. The van der Waals surface area contributed by atoms with Crippen LogP contribution in [0.15, 0.2) is 82.2 Å². The highest BCUT2D eigenvalue weighted by atomic mass is 79.9. The third-order valence-electron chi connectivity index (χ3n) is 5.96. The molecule has 0 bridgehead atoms. The third-order valence-corrected chi connectivity index (χ3v) is 8.24. The highest BCUT2D eigenvalue weighted by molar-refractivity contribution is 9.10.